The predicted octanol–water partition coefficient (Wildman–Crippen LogP) is 5.71. The summed E-state index contributed by atoms with van der Waals surface area (Å²) in [4.78, 5) is 37.2. The monoisotopic (exact) mass is 644 g/mol. The van der Waals surface area contributed by atoms with Gasteiger partial charge in [-0.3, -0.25) is 9.59 Å². The van der Waals surface area contributed by atoms with Crippen LogP contribution in [-0.4, -0.2) is 63.5 Å². The summed E-state index contributed by atoms with van der Waals surface area (Å²) in [5, 5.41) is 21.2. The summed E-state index contributed by atoms with van der Waals surface area (Å²) in [7, 11) is 0. The molecule has 0 spiro atoms. The van der Waals surface area contributed by atoms with Crippen LogP contribution >= 0.6 is 11.8 Å². The van der Waals surface area contributed by atoms with Gasteiger partial charge >= 0.3 is 18.1 Å². The Kier molecular flexibility index (Phi) is 10.1. The van der Waals surface area contributed by atoms with Crippen LogP contribution in [0, 0.1) is 0 Å². The number of nitrogens with zero attached hydrogens (tertiary/aromatic N) is 1. The van der Waals surface area contributed by atoms with E-state index >= 15 is 0 Å². The summed E-state index contributed by atoms with van der Waals surface area (Å²) in [5.74, 6) is -3.16. The molecule has 9 nitrogen and oxygen atoms in total. The van der Waals surface area contributed by atoms with Crippen LogP contribution in [0.15, 0.2) is 77.7 Å². The average Bonchev–Trinajstić information content (AvgIpc) is 3.53. The Morgan fingerprint density at radius 2 is 1.60 bits per heavy atom. The van der Waals surface area contributed by atoms with Crippen molar-refractivity contribution in [2.75, 3.05) is 17.6 Å². The third-order valence-electron chi connectivity index (χ3n) is 7.66. The first-order chi connectivity index (χ1) is 21.5. The van der Waals surface area contributed by atoms with Crippen molar-refractivity contribution < 1.29 is 47.2 Å². The molecule has 0 bridgehead atoms. The van der Waals surface area contributed by atoms with Gasteiger partial charge in [-0.2, -0.15) is 13.2 Å². The highest BCUT2D eigenvalue weighted by Crippen LogP contribution is 2.40. The van der Waals surface area contributed by atoms with Crippen molar-refractivity contribution in [3.63, 3.8) is 0 Å². The number of carbonyl (C=O) groups excluding carboxylic acids is 2. The summed E-state index contributed by atoms with van der Waals surface area (Å²) in [6.45, 7) is -0.222. The number of ether oxygens (including phenoxy) is 2. The number of hydrogen-bond acceptors (Lipinski definition) is 7. The van der Waals surface area contributed by atoms with E-state index in [4.69, 9.17) is 14.6 Å². The Balaban J connectivity index is 1.28. The minimum atomic E-state index is -5.05. The van der Waals surface area contributed by atoms with Crippen LogP contribution in [0.5, 0.6) is 0 Å². The standard InChI is InChI=1S/C32H31F3N2O7S/c33-32(34,35)31(42)37-15-1-2-26(37)28(39)36-23-11-7-22(8-12-23)30-43-24(18-45-25-13-9-21(10-14-25)29(40)41)16-27(44-30)20-5-3-19(17-38)4-6-20/h3-14,24,26-27,30,38H,1-2,15-18H2,(H,36,39)(H,40,41)/t24-,26+,27+,30+/m1/s1. The number of amides is 2. The topological polar surface area (TPSA) is 125 Å². The number of rotatable bonds is 9. The van der Waals surface area contributed by atoms with Gasteiger partial charge in [-0.1, -0.05) is 36.4 Å². The lowest BCUT2D eigenvalue weighted by molar-refractivity contribution is -0.245. The van der Waals surface area contributed by atoms with Gasteiger partial charge in [0.05, 0.1) is 24.4 Å². The zero-order chi connectivity index (χ0) is 32.1. The first-order valence-corrected chi connectivity index (χ1v) is 15.3. The molecule has 5 rings (SSSR count). The fraction of sp³-hybridized carbons (Fsp3) is 0.344. The largest absolute Gasteiger partial charge is 0.478 e. The average molecular weight is 645 g/mol. The third-order valence-corrected chi connectivity index (χ3v) is 8.81. The third kappa shape index (κ3) is 8.03. The smallest absolute Gasteiger partial charge is 0.471 e. The number of hydrogen-bond donors (Lipinski definition) is 3. The van der Waals surface area contributed by atoms with Gasteiger partial charge in [0.1, 0.15) is 6.04 Å². The molecule has 0 aromatic heterocycles. The number of benzene rings is 3. The molecular formula is C32H31F3N2O7S. The van der Waals surface area contributed by atoms with Gasteiger partial charge in [0.15, 0.2) is 6.29 Å². The highest BCUT2D eigenvalue weighted by Gasteiger charge is 2.47. The molecule has 45 heavy (non-hydrogen) atoms. The van der Waals surface area contributed by atoms with Crippen molar-refractivity contribution in [2.24, 2.45) is 0 Å². The molecule has 2 amide bonds. The molecule has 13 heteroatoms. The number of carboxylic acid groups (broad SMARTS) is 1. The van der Waals surface area contributed by atoms with Crippen LogP contribution in [0.25, 0.3) is 0 Å². The van der Waals surface area contributed by atoms with E-state index in [9.17, 15) is 32.7 Å². The highest BCUT2D eigenvalue weighted by atomic mass is 32.2. The highest BCUT2D eigenvalue weighted by molar-refractivity contribution is 7.99. The Morgan fingerprint density at radius 1 is 0.933 bits per heavy atom. The maximum absolute atomic E-state index is 13.0. The number of alkyl halides is 3. The summed E-state index contributed by atoms with van der Waals surface area (Å²) in [6.07, 6.45) is -5.45. The fourth-order valence-electron chi connectivity index (χ4n) is 5.30. The molecule has 2 heterocycles. The molecule has 0 aliphatic carbocycles. The van der Waals surface area contributed by atoms with Gasteiger partial charge in [-0.25, -0.2) is 4.79 Å². The number of thioether (sulfide) groups is 1. The number of anilines is 1. The van der Waals surface area contributed by atoms with Crippen LogP contribution in [0.4, 0.5) is 18.9 Å². The SMILES string of the molecule is O=C(O)c1ccc(SC[C@H]2C[C@@H](c3ccc(CO)cc3)O[C@@H](c3ccc(NC(=O)[C@@H]4CCCN4C(=O)C(F)(F)F)cc3)O2)cc1. The number of nitrogens with one attached hydrogen (secondary N) is 1. The first kappa shape index (κ1) is 32.5. The molecule has 0 radical (unpaired) electrons. The van der Waals surface area contributed by atoms with Crippen LogP contribution < -0.4 is 5.32 Å². The molecule has 3 N–H and O–H groups in total. The normalized spacial score (nSPS) is 21.8. The molecule has 2 fully saturated rings. The number of carboxylic acids is 1. The lowest BCUT2D eigenvalue weighted by Gasteiger charge is -2.36. The van der Waals surface area contributed by atoms with Gasteiger partial charge in [-0.15, -0.1) is 11.8 Å². The van der Waals surface area contributed by atoms with Gasteiger partial charge in [0, 0.05) is 34.9 Å². The van der Waals surface area contributed by atoms with Crippen molar-refractivity contribution >= 4 is 35.2 Å². The van der Waals surface area contributed by atoms with E-state index in [1.54, 1.807) is 48.5 Å². The fourth-order valence-corrected chi connectivity index (χ4v) is 6.22. The number of aromatic carboxylic acids is 1. The maximum Gasteiger partial charge on any atom is 0.471 e. The van der Waals surface area contributed by atoms with E-state index in [1.807, 2.05) is 24.3 Å². The van der Waals surface area contributed by atoms with Gasteiger partial charge in [0.25, 0.3) is 0 Å². The molecule has 0 saturated carbocycles. The second-order valence-electron chi connectivity index (χ2n) is 10.8. The molecule has 238 valence electrons. The molecule has 0 unspecified atom stereocenters. The number of halogens is 3. The molecule has 2 saturated heterocycles. The van der Waals surface area contributed by atoms with Crippen LogP contribution in [-0.2, 0) is 25.7 Å². The molecule has 2 aliphatic rings. The predicted molar refractivity (Wildman–Crippen MR) is 158 cm³/mol. The van der Waals surface area contributed by atoms with E-state index in [0.29, 0.717) is 34.7 Å². The van der Waals surface area contributed by atoms with Gasteiger partial charge in [-0.05, 0) is 60.4 Å². The minimum absolute atomic E-state index is 0.0855. The molecule has 4 atom stereocenters. The van der Waals surface area contributed by atoms with Crippen LogP contribution in [0.2, 0.25) is 0 Å². The van der Waals surface area contributed by atoms with Gasteiger partial charge in [0.2, 0.25) is 5.91 Å². The summed E-state index contributed by atoms with van der Waals surface area (Å²) in [6, 6.07) is 19.4. The van der Waals surface area contributed by atoms with Crippen molar-refractivity contribution in [3.05, 3.63) is 95.1 Å². The van der Waals surface area contributed by atoms with E-state index in [1.165, 1.54) is 11.8 Å². The summed E-state index contributed by atoms with van der Waals surface area (Å²) >= 11 is 1.52. The van der Waals surface area contributed by atoms with Crippen molar-refractivity contribution in [2.45, 2.75) is 61.5 Å². The Morgan fingerprint density at radius 3 is 2.22 bits per heavy atom. The Hall–Kier alpha value is -3.91. The maximum atomic E-state index is 13.0. The zero-order valence-corrected chi connectivity index (χ0v) is 24.7. The Bertz CT molecular complexity index is 1500. The zero-order valence-electron chi connectivity index (χ0n) is 23.9. The number of likely N-dealkylation sites (tertiary alicyclic amines) is 1. The number of aliphatic hydroxyl groups excluding tert-OH is 1. The summed E-state index contributed by atoms with van der Waals surface area (Å²) < 4.78 is 51.6. The second-order valence-corrected chi connectivity index (χ2v) is 11.8. The van der Waals surface area contributed by atoms with E-state index < -0.39 is 36.3 Å². The molecule has 3 aromatic carbocycles. The lowest BCUT2D eigenvalue weighted by Crippen LogP contribution is -2.48. The van der Waals surface area contributed by atoms with E-state index in [0.717, 1.165) is 16.0 Å². The van der Waals surface area contributed by atoms with E-state index in [-0.39, 0.29) is 37.3 Å². The molecule has 2 aliphatic heterocycles. The minimum Gasteiger partial charge on any atom is -0.478 e. The lowest BCUT2D eigenvalue weighted by atomic mass is 10.0. The van der Waals surface area contributed by atoms with Crippen molar-refractivity contribution in [1.29, 1.82) is 0 Å². The van der Waals surface area contributed by atoms with Crippen molar-refractivity contribution in [1.82, 2.24) is 4.90 Å². The first-order valence-electron chi connectivity index (χ1n) is 14.3. The van der Waals surface area contributed by atoms with Gasteiger partial charge < -0.3 is 29.9 Å². The quantitative estimate of drug-likeness (QED) is 0.253. The molecule has 3 aromatic rings. The Labute approximate surface area is 261 Å². The second kappa shape index (κ2) is 14.0. The number of aliphatic hydroxyl groups is 1. The number of carbonyl (C=O) groups is 3. The summed E-state index contributed by atoms with van der Waals surface area (Å²) in [5.41, 5.74) is 2.86. The van der Waals surface area contributed by atoms with Crippen LogP contribution in [0.1, 0.15) is 58.7 Å². The van der Waals surface area contributed by atoms with Crippen LogP contribution in [0.3, 0.4) is 0 Å². The molecular weight excluding hydrogens is 613 g/mol. The van der Waals surface area contributed by atoms with E-state index in [2.05, 4.69) is 5.32 Å². The van der Waals surface area contributed by atoms with Crippen molar-refractivity contribution in [3.8, 4) is 0 Å².